The SMILES string of the molecule is NC[C@H](F)Cc1ccccc1Cl. The number of hydrogen-bond donors (Lipinski definition) is 1. The molecule has 1 aromatic carbocycles. The van der Waals surface area contributed by atoms with Crippen molar-refractivity contribution in [3.05, 3.63) is 34.9 Å². The van der Waals surface area contributed by atoms with E-state index in [1.807, 2.05) is 18.2 Å². The van der Waals surface area contributed by atoms with E-state index < -0.39 is 6.17 Å². The van der Waals surface area contributed by atoms with Gasteiger partial charge in [-0.1, -0.05) is 29.8 Å². The van der Waals surface area contributed by atoms with Crippen LogP contribution in [0.4, 0.5) is 4.39 Å². The molecule has 66 valence electrons. The van der Waals surface area contributed by atoms with Crippen molar-refractivity contribution in [1.82, 2.24) is 0 Å². The minimum atomic E-state index is -0.995. The van der Waals surface area contributed by atoms with E-state index in [-0.39, 0.29) is 6.54 Å². The van der Waals surface area contributed by atoms with Crippen molar-refractivity contribution in [3.63, 3.8) is 0 Å². The molecule has 0 unspecified atom stereocenters. The van der Waals surface area contributed by atoms with Gasteiger partial charge in [0.05, 0.1) is 0 Å². The van der Waals surface area contributed by atoms with Gasteiger partial charge in [0.1, 0.15) is 6.17 Å². The summed E-state index contributed by atoms with van der Waals surface area (Å²) in [5.41, 5.74) is 5.97. The largest absolute Gasteiger partial charge is 0.328 e. The van der Waals surface area contributed by atoms with Crippen molar-refractivity contribution in [2.75, 3.05) is 6.54 Å². The van der Waals surface area contributed by atoms with Crippen LogP contribution in [0.2, 0.25) is 5.02 Å². The Kier molecular flexibility index (Phi) is 3.50. The lowest BCUT2D eigenvalue weighted by Gasteiger charge is -2.06. The van der Waals surface area contributed by atoms with E-state index in [1.54, 1.807) is 6.07 Å². The topological polar surface area (TPSA) is 26.0 Å². The molecule has 3 heteroatoms. The zero-order valence-electron chi connectivity index (χ0n) is 6.63. The van der Waals surface area contributed by atoms with Crippen LogP contribution in [0.1, 0.15) is 5.56 Å². The highest BCUT2D eigenvalue weighted by atomic mass is 35.5. The normalized spacial score (nSPS) is 12.9. The van der Waals surface area contributed by atoms with Gasteiger partial charge in [-0.25, -0.2) is 4.39 Å². The highest BCUT2D eigenvalue weighted by Gasteiger charge is 2.06. The van der Waals surface area contributed by atoms with Crippen molar-refractivity contribution < 1.29 is 4.39 Å². The predicted molar refractivity (Wildman–Crippen MR) is 49.1 cm³/mol. The summed E-state index contributed by atoms with van der Waals surface area (Å²) in [5, 5.41) is 0.605. The van der Waals surface area contributed by atoms with Gasteiger partial charge in [-0.2, -0.15) is 0 Å². The first-order valence-corrected chi connectivity index (χ1v) is 4.19. The molecule has 1 atom stereocenters. The fraction of sp³-hybridized carbons (Fsp3) is 0.333. The molecule has 0 bridgehead atoms. The Morgan fingerprint density at radius 2 is 2.08 bits per heavy atom. The molecule has 0 heterocycles. The summed E-state index contributed by atoms with van der Waals surface area (Å²) >= 11 is 5.82. The van der Waals surface area contributed by atoms with Crippen LogP contribution in [0.15, 0.2) is 24.3 Å². The summed E-state index contributed by atoms with van der Waals surface area (Å²) in [4.78, 5) is 0. The van der Waals surface area contributed by atoms with Gasteiger partial charge in [0.15, 0.2) is 0 Å². The molecule has 0 spiro atoms. The molecule has 0 saturated heterocycles. The summed E-state index contributed by atoms with van der Waals surface area (Å²) in [5.74, 6) is 0. The number of alkyl halides is 1. The van der Waals surface area contributed by atoms with E-state index in [0.717, 1.165) is 5.56 Å². The van der Waals surface area contributed by atoms with E-state index in [1.165, 1.54) is 0 Å². The molecule has 2 N–H and O–H groups in total. The molecule has 0 aliphatic heterocycles. The van der Waals surface area contributed by atoms with Gasteiger partial charge < -0.3 is 5.73 Å². The van der Waals surface area contributed by atoms with Crippen LogP contribution in [-0.4, -0.2) is 12.7 Å². The molecule has 0 aromatic heterocycles. The van der Waals surface area contributed by atoms with Gasteiger partial charge in [0.2, 0.25) is 0 Å². The van der Waals surface area contributed by atoms with Crippen molar-refractivity contribution in [3.8, 4) is 0 Å². The highest BCUT2D eigenvalue weighted by molar-refractivity contribution is 6.31. The van der Waals surface area contributed by atoms with E-state index in [9.17, 15) is 4.39 Å². The van der Waals surface area contributed by atoms with Crippen LogP contribution in [0.5, 0.6) is 0 Å². The van der Waals surface area contributed by atoms with Crippen LogP contribution in [0.25, 0.3) is 0 Å². The number of rotatable bonds is 3. The Labute approximate surface area is 76.3 Å². The monoisotopic (exact) mass is 187 g/mol. The third-order valence-electron chi connectivity index (χ3n) is 1.65. The van der Waals surface area contributed by atoms with Crippen LogP contribution in [0.3, 0.4) is 0 Å². The van der Waals surface area contributed by atoms with Crippen LogP contribution < -0.4 is 5.73 Å². The van der Waals surface area contributed by atoms with E-state index in [2.05, 4.69) is 0 Å². The number of benzene rings is 1. The zero-order valence-corrected chi connectivity index (χ0v) is 7.39. The quantitative estimate of drug-likeness (QED) is 0.772. The first-order valence-electron chi connectivity index (χ1n) is 3.81. The maximum Gasteiger partial charge on any atom is 0.116 e. The summed E-state index contributed by atoms with van der Waals surface area (Å²) in [6.07, 6.45) is -0.694. The maximum atomic E-state index is 12.8. The average molecular weight is 188 g/mol. The Bertz CT molecular complexity index is 252. The molecule has 0 amide bonds. The maximum absolute atomic E-state index is 12.8. The third-order valence-corrected chi connectivity index (χ3v) is 2.02. The van der Waals surface area contributed by atoms with Crippen LogP contribution in [0, 0.1) is 0 Å². The molecule has 12 heavy (non-hydrogen) atoms. The van der Waals surface area contributed by atoms with Gasteiger partial charge in [-0.05, 0) is 11.6 Å². The smallest absolute Gasteiger partial charge is 0.116 e. The minimum Gasteiger partial charge on any atom is -0.328 e. The minimum absolute atomic E-state index is 0.0468. The van der Waals surface area contributed by atoms with Gasteiger partial charge in [-0.15, -0.1) is 0 Å². The van der Waals surface area contributed by atoms with Crippen molar-refractivity contribution in [2.24, 2.45) is 5.73 Å². The van der Waals surface area contributed by atoms with Crippen molar-refractivity contribution in [1.29, 1.82) is 0 Å². The second-order valence-electron chi connectivity index (χ2n) is 2.63. The lowest BCUT2D eigenvalue weighted by Crippen LogP contribution is -2.17. The van der Waals surface area contributed by atoms with Gasteiger partial charge in [0.25, 0.3) is 0 Å². The van der Waals surface area contributed by atoms with E-state index in [4.69, 9.17) is 17.3 Å². The highest BCUT2D eigenvalue weighted by Crippen LogP contribution is 2.17. The van der Waals surface area contributed by atoms with Crippen molar-refractivity contribution >= 4 is 11.6 Å². The van der Waals surface area contributed by atoms with Gasteiger partial charge >= 0.3 is 0 Å². The molecular formula is C9H11ClFN. The predicted octanol–water partition coefficient (Wildman–Crippen LogP) is 2.18. The number of nitrogens with two attached hydrogens (primary N) is 1. The van der Waals surface area contributed by atoms with Crippen molar-refractivity contribution in [2.45, 2.75) is 12.6 Å². The number of hydrogen-bond acceptors (Lipinski definition) is 1. The molecule has 0 aliphatic carbocycles. The Morgan fingerprint density at radius 3 is 2.67 bits per heavy atom. The summed E-state index contributed by atoms with van der Waals surface area (Å²) in [7, 11) is 0. The van der Waals surface area contributed by atoms with Crippen LogP contribution >= 0.6 is 11.6 Å². The molecule has 0 aliphatic rings. The lowest BCUT2D eigenvalue weighted by atomic mass is 10.1. The Balaban J connectivity index is 2.69. The molecule has 1 rings (SSSR count). The second-order valence-corrected chi connectivity index (χ2v) is 3.04. The molecular weight excluding hydrogens is 177 g/mol. The number of halogens is 2. The Hall–Kier alpha value is -0.600. The first kappa shape index (κ1) is 9.49. The molecule has 1 nitrogen and oxygen atoms in total. The fourth-order valence-corrected chi connectivity index (χ4v) is 1.20. The average Bonchev–Trinajstić information content (AvgIpc) is 2.09. The summed E-state index contributed by atoms with van der Waals surface area (Å²) in [6.45, 7) is 0.0468. The molecule has 0 saturated carbocycles. The fourth-order valence-electron chi connectivity index (χ4n) is 0.986. The first-order chi connectivity index (χ1) is 5.74. The standard InChI is InChI=1S/C9H11ClFN/c10-9-4-2-1-3-7(9)5-8(11)6-12/h1-4,8H,5-6,12H2/t8-/m1/s1. The van der Waals surface area contributed by atoms with E-state index in [0.29, 0.717) is 11.4 Å². The van der Waals surface area contributed by atoms with Crippen LogP contribution in [-0.2, 0) is 6.42 Å². The summed E-state index contributed by atoms with van der Waals surface area (Å²) < 4.78 is 12.8. The Morgan fingerprint density at radius 1 is 1.42 bits per heavy atom. The second kappa shape index (κ2) is 4.43. The van der Waals surface area contributed by atoms with Gasteiger partial charge in [-0.3, -0.25) is 0 Å². The molecule has 1 aromatic rings. The lowest BCUT2D eigenvalue weighted by molar-refractivity contribution is 0.340. The molecule has 0 fully saturated rings. The zero-order chi connectivity index (χ0) is 8.97. The third kappa shape index (κ3) is 2.47. The van der Waals surface area contributed by atoms with Gasteiger partial charge in [0, 0.05) is 18.0 Å². The molecule has 0 radical (unpaired) electrons. The summed E-state index contributed by atoms with van der Waals surface area (Å²) in [6, 6.07) is 7.22. The van der Waals surface area contributed by atoms with E-state index >= 15 is 0 Å².